The van der Waals surface area contributed by atoms with E-state index in [0.717, 1.165) is 0 Å². The van der Waals surface area contributed by atoms with Crippen LogP contribution in [0, 0.1) is 10.1 Å². The minimum Gasteiger partial charge on any atom is -0.396 e. The van der Waals surface area contributed by atoms with Gasteiger partial charge in [0.15, 0.2) is 0 Å². The summed E-state index contributed by atoms with van der Waals surface area (Å²) in [6, 6.07) is 4.48. The van der Waals surface area contributed by atoms with E-state index in [1.165, 1.54) is 23.9 Å². The number of aliphatic hydroxyl groups is 1. The molecular formula is C10H12ClNO3S. The van der Waals surface area contributed by atoms with Gasteiger partial charge in [0.05, 0.1) is 9.82 Å². The van der Waals surface area contributed by atoms with E-state index in [1.54, 1.807) is 6.07 Å². The highest BCUT2D eigenvalue weighted by atomic mass is 35.5. The third-order valence-corrected chi connectivity index (χ3v) is 3.44. The summed E-state index contributed by atoms with van der Waals surface area (Å²) < 4.78 is 0. The van der Waals surface area contributed by atoms with Gasteiger partial charge in [-0.2, -0.15) is 0 Å². The van der Waals surface area contributed by atoms with E-state index in [2.05, 4.69) is 0 Å². The van der Waals surface area contributed by atoms with Gasteiger partial charge in [-0.05, 0) is 18.6 Å². The fraction of sp³-hybridized carbons (Fsp3) is 0.400. The average molecular weight is 262 g/mol. The molecule has 1 N–H and O–H groups in total. The molecule has 0 aliphatic carbocycles. The molecule has 0 fully saturated rings. The fourth-order valence-electron chi connectivity index (χ4n) is 1.19. The van der Waals surface area contributed by atoms with Crippen LogP contribution in [0.15, 0.2) is 23.1 Å². The number of halogens is 1. The van der Waals surface area contributed by atoms with Crippen molar-refractivity contribution in [2.45, 2.75) is 23.5 Å². The highest BCUT2D eigenvalue weighted by Crippen LogP contribution is 2.34. The predicted octanol–water partition coefficient (Wildman–Crippen LogP) is 3.11. The van der Waals surface area contributed by atoms with E-state index in [-0.39, 0.29) is 17.5 Å². The Balaban J connectivity index is 2.92. The fourth-order valence-corrected chi connectivity index (χ4v) is 2.54. The monoisotopic (exact) mass is 261 g/mol. The first-order chi connectivity index (χ1) is 7.54. The van der Waals surface area contributed by atoms with Crippen molar-refractivity contribution >= 4 is 29.1 Å². The molecule has 1 rings (SSSR count). The van der Waals surface area contributed by atoms with E-state index in [9.17, 15) is 10.1 Å². The summed E-state index contributed by atoms with van der Waals surface area (Å²) in [6.45, 7) is 1.98. The molecule has 0 bridgehead atoms. The Kier molecular flexibility index (Phi) is 5.05. The maximum Gasteiger partial charge on any atom is 0.282 e. The molecular weight excluding hydrogens is 250 g/mol. The van der Waals surface area contributed by atoms with Crippen molar-refractivity contribution in [3.05, 3.63) is 33.3 Å². The molecule has 0 aliphatic rings. The van der Waals surface area contributed by atoms with Crippen molar-refractivity contribution in [3.63, 3.8) is 0 Å². The number of aliphatic hydroxyl groups excluding tert-OH is 1. The van der Waals surface area contributed by atoms with Gasteiger partial charge in [0.25, 0.3) is 5.69 Å². The molecule has 0 saturated heterocycles. The Morgan fingerprint density at radius 3 is 2.88 bits per heavy atom. The van der Waals surface area contributed by atoms with Gasteiger partial charge in [0, 0.05) is 22.9 Å². The topological polar surface area (TPSA) is 63.4 Å². The summed E-state index contributed by atoms with van der Waals surface area (Å²) in [5.74, 6) is 0. The number of hydrogen-bond acceptors (Lipinski definition) is 4. The minimum atomic E-state index is -0.426. The maximum atomic E-state index is 10.8. The number of benzene rings is 1. The smallest absolute Gasteiger partial charge is 0.282 e. The van der Waals surface area contributed by atoms with Crippen molar-refractivity contribution in [3.8, 4) is 0 Å². The number of hydrogen-bond donors (Lipinski definition) is 1. The van der Waals surface area contributed by atoms with E-state index >= 15 is 0 Å². The van der Waals surface area contributed by atoms with Gasteiger partial charge in [-0.25, -0.2) is 0 Å². The van der Waals surface area contributed by atoms with Gasteiger partial charge in [-0.15, -0.1) is 11.8 Å². The van der Waals surface area contributed by atoms with Crippen LogP contribution in [0.4, 0.5) is 5.69 Å². The number of nitrogens with zero attached hydrogens (tertiary/aromatic N) is 1. The van der Waals surface area contributed by atoms with Crippen molar-refractivity contribution in [1.82, 2.24) is 0 Å². The first-order valence-corrected chi connectivity index (χ1v) is 6.02. The molecule has 0 amide bonds. The quantitative estimate of drug-likeness (QED) is 0.503. The summed E-state index contributed by atoms with van der Waals surface area (Å²) in [7, 11) is 0. The lowest BCUT2D eigenvalue weighted by Gasteiger charge is -2.09. The molecule has 0 heterocycles. The molecule has 6 heteroatoms. The second kappa shape index (κ2) is 6.08. The van der Waals surface area contributed by atoms with Crippen LogP contribution in [-0.2, 0) is 0 Å². The molecule has 1 unspecified atom stereocenters. The van der Waals surface area contributed by atoms with Gasteiger partial charge in [-0.3, -0.25) is 10.1 Å². The van der Waals surface area contributed by atoms with Gasteiger partial charge in [0.1, 0.15) is 0 Å². The Morgan fingerprint density at radius 1 is 1.62 bits per heavy atom. The van der Waals surface area contributed by atoms with Crippen molar-refractivity contribution in [2.24, 2.45) is 0 Å². The summed E-state index contributed by atoms with van der Waals surface area (Å²) in [5, 5.41) is 20.1. The summed E-state index contributed by atoms with van der Waals surface area (Å²) in [6.07, 6.45) is 0.592. The number of nitro groups is 1. The van der Waals surface area contributed by atoms with Crippen molar-refractivity contribution in [2.75, 3.05) is 6.61 Å². The van der Waals surface area contributed by atoms with E-state index in [0.29, 0.717) is 16.3 Å². The molecule has 0 radical (unpaired) electrons. The number of rotatable bonds is 5. The third kappa shape index (κ3) is 3.66. The van der Waals surface area contributed by atoms with E-state index < -0.39 is 4.92 Å². The molecule has 1 aromatic carbocycles. The molecule has 4 nitrogen and oxygen atoms in total. The number of thioether (sulfide) groups is 1. The van der Waals surface area contributed by atoms with Crippen LogP contribution in [0.1, 0.15) is 13.3 Å². The zero-order valence-corrected chi connectivity index (χ0v) is 10.3. The average Bonchev–Trinajstić information content (AvgIpc) is 2.17. The highest BCUT2D eigenvalue weighted by molar-refractivity contribution is 8.00. The lowest BCUT2D eigenvalue weighted by molar-refractivity contribution is -0.387. The van der Waals surface area contributed by atoms with Crippen LogP contribution in [0.25, 0.3) is 0 Å². The van der Waals surface area contributed by atoms with Gasteiger partial charge >= 0.3 is 0 Å². The van der Waals surface area contributed by atoms with Crippen LogP contribution in [-0.4, -0.2) is 21.9 Å². The Hall–Kier alpha value is -0.780. The largest absolute Gasteiger partial charge is 0.396 e. The molecule has 16 heavy (non-hydrogen) atoms. The molecule has 0 aromatic heterocycles. The van der Waals surface area contributed by atoms with Crippen molar-refractivity contribution < 1.29 is 10.0 Å². The van der Waals surface area contributed by atoms with Crippen LogP contribution in [0.2, 0.25) is 5.02 Å². The summed E-state index contributed by atoms with van der Waals surface area (Å²) in [4.78, 5) is 10.9. The first kappa shape index (κ1) is 13.3. The second-order valence-corrected chi connectivity index (χ2v) is 5.23. The van der Waals surface area contributed by atoms with Gasteiger partial charge in [-0.1, -0.05) is 18.5 Å². The lowest BCUT2D eigenvalue weighted by Crippen LogP contribution is -2.00. The second-order valence-electron chi connectivity index (χ2n) is 3.31. The maximum absolute atomic E-state index is 10.8. The molecule has 88 valence electrons. The zero-order valence-electron chi connectivity index (χ0n) is 8.72. The third-order valence-electron chi connectivity index (χ3n) is 1.98. The van der Waals surface area contributed by atoms with Gasteiger partial charge in [0.2, 0.25) is 0 Å². The van der Waals surface area contributed by atoms with Crippen LogP contribution in [0.5, 0.6) is 0 Å². The highest BCUT2D eigenvalue weighted by Gasteiger charge is 2.16. The lowest BCUT2D eigenvalue weighted by atomic mass is 10.3. The molecule has 1 atom stereocenters. The number of nitro benzene ring substituents is 1. The van der Waals surface area contributed by atoms with Crippen LogP contribution in [0.3, 0.4) is 0 Å². The molecule has 1 aromatic rings. The Morgan fingerprint density at radius 2 is 2.31 bits per heavy atom. The standard InChI is InChI=1S/C10H12ClNO3S/c1-7(4-5-13)16-10-6-8(11)2-3-9(10)12(14)15/h2-3,6-7,13H,4-5H2,1H3. The summed E-state index contributed by atoms with van der Waals surface area (Å²) in [5.41, 5.74) is 0.0548. The SMILES string of the molecule is CC(CCO)Sc1cc(Cl)ccc1[N+](=O)[O-]. The zero-order chi connectivity index (χ0) is 12.1. The summed E-state index contributed by atoms with van der Waals surface area (Å²) >= 11 is 7.15. The normalized spacial score (nSPS) is 12.4. The molecule has 0 spiro atoms. The Bertz CT molecular complexity index is 386. The van der Waals surface area contributed by atoms with E-state index in [1.807, 2.05) is 6.92 Å². The predicted molar refractivity (Wildman–Crippen MR) is 65.1 cm³/mol. The van der Waals surface area contributed by atoms with E-state index in [4.69, 9.17) is 16.7 Å². The van der Waals surface area contributed by atoms with Gasteiger partial charge < -0.3 is 5.11 Å². The molecule has 0 saturated carbocycles. The first-order valence-electron chi connectivity index (χ1n) is 4.76. The van der Waals surface area contributed by atoms with Crippen LogP contribution < -0.4 is 0 Å². The Labute approximate surface area is 103 Å². The minimum absolute atomic E-state index is 0.0548. The van der Waals surface area contributed by atoms with Crippen LogP contribution >= 0.6 is 23.4 Å². The molecule has 0 aliphatic heterocycles. The van der Waals surface area contributed by atoms with Crippen molar-refractivity contribution in [1.29, 1.82) is 0 Å².